The maximum absolute atomic E-state index is 12.4. The van der Waals surface area contributed by atoms with Gasteiger partial charge in [0.25, 0.3) is 5.91 Å². The highest BCUT2D eigenvalue weighted by Gasteiger charge is 2.09. The summed E-state index contributed by atoms with van der Waals surface area (Å²) in [6, 6.07) is 13.1. The van der Waals surface area contributed by atoms with E-state index in [0.717, 1.165) is 11.3 Å². The predicted octanol–water partition coefficient (Wildman–Crippen LogP) is 2.80. The minimum atomic E-state index is -0.281. The molecule has 2 N–H and O–H groups in total. The third-order valence-electron chi connectivity index (χ3n) is 3.76. The first-order valence-electron chi connectivity index (χ1n) is 8.15. The van der Waals surface area contributed by atoms with Crippen LogP contribution in [0.25, 0.3) is 0 Å². The number of hydrogen-bond donors (Lipinski definition) is 2. The highest BCUT2D eigenvalue weighted by Crippen LogP contribution is 2.16. The molecule has 0 saturated heterocycles. The largest absolute Gasteiger partial charge is 0.378 e. The molecule has 132 valence electrons. The molecule has 0 fully saturated rings. The molecule has 2 aromatic heterocycles. The van der Waals surface area contributed by atoms with Gasteiger partial charge in [0, 0.05) is 50.5 Å². The van der Waals surface area contributed by atoms with Crippen LogP contribution in [0.15, 0.2) is 61.2 Å². The van der Waals surface area contributed by atoms with Crippen molar-refractivity contribution >= 4 is 23.1 Å². The summed E-state index contributed by atoms with van der Waals surface area (Å²) < 4.78 is 0. The normalized spacial score (nSPS) is 10.2. The average molecular weight is 348 g/mol. The van der Waals surface area contributed by atoms with Gasteiger partial charge in [0.05, 0.1) is 0 Å². The van der Waals surface area contributed by atoms with Gasteiger partial charge in [-0.2, -0.15) is 0 Å². The standard InChI is InChI=1S/C19H20N6O/c1-25(2)16-5-3-15(4-6-16)24-19(26)17-11-18(23-13-22-17)21-12-14-7-9-20-10-8-14/h3-11,13H,12H2,1-2H3,(H,24,26)(H,21,22,23). The molecule has 7 heteroatoms. The van der Waals surface area contributed by atoms with Crippen molar-refractivity contribution in [1.82, 2.24) is 15.0 Å². The first-order chi connectivity index (χ1) is 12.6. The summed E-state index contributed by atoms with van der Waals surface area (Å²) >= 11 is 0. The monoisotopic (exact) mass is 348 g/mol. The number of hydrogen-bond acceptors (Lipinski definition) is 6. The van der Waals surface area contributed by atoms with Crippen LogP contribution < -0.4 is 15.5 Å². The summed E-state index contributed by atoms with van der Waals surface area (Å²) in [6.45, 7) is 0.590. The third kappa shape index (κ3) is 4.54. The second kappa shape index (κ2) is 8.06. The van der Waals surface area contributed by atoms with Gasteiger partial charge in [-0.3, -0.25) is 9.78 Å². The molecule has 0 saturated carbocycles. The van der Waals surface area contributed by atoms with Crippen LogP contribution in [0.3, 0.4) is 0 Å². The zero-order valence-corrected chi connectivity index (χ0v) is 14.7. The Balaban J connectivity index is 1.64. The predicted molar refractivity (Wildman–Crippen MR) is 102 cm³/mol. The van der Waals surface area contributed by atoms with Gasteiger partial charge in [-0.1, -0.05) is 0 Å². The maximum Gasteiger partial charge on any atom is 0.274 e. The molecule has 7 nitrogen and oxygen atoms in total. The van der Waals surface area contributed by atoms with Crippen LogP contribution in [0, 0.1) is 0 Å². The first kappa shape index (κ1) is 17.3. The molecular formula is C19H20N6O. The van der Waals surface area contributed by atoms with Crippen LogP contribution in [-0.2, 0) is 6.54 Å². The van der Waals surface area contributed by atoms with E-state index in [1.54, 1.807) is 18.5 Å². The van der Waals surface area contributed by atoms with Gasteiger partial charge in [-0.15, -0.1) is 0 Å². The van der Waals surface area contributed by atoms with Crippen molar-refractivity contribution in [1.29, 1.82) is 0 Å². The Bertz CT molecular complexity index is 865. The van der Waals surface area contributed by atoms with Crippen molar-refractivity contribution in [2.75, 3.05) is 29.6 Å². The fourth-order valence-corrected chi connectivity index (χ4v) is 2.31. The zero-order valence-electron chi connectivity index (χ0n) is 14.7. The SMILES string of the molecule is CN(C)c1ccc(NC(=O)c2cc(NCc3ccncc3)ncn2)cc1. The van der Waals surface area contributed by atoms with Gasteiger partial charge in [0.2, 0.25) is 0 Å². The lowest BCUT2D eigenvalue weighted by Gasteiger charge is -2.13. The van der Waals surface area contributed by atoms with Crippen molar-refractivity contribution in [3.63, 3.8) is 0 Å². The summed E-state index contributed by atoms with van der Waals surface area (Å²) in [7, 11) is 3.93. The molecule has 0 atom stereocenters. The van der Waals surface area contributed by atoms with Gasteiger partial charge in [0.15, 0.2) is 0 Å². The molecule has 0 bridgehead atoms. The van der Waals surface area contributed by atoms with Crippen molar-refractivity contribution in [3.05, 3.63) is 72.4 Å². The number of carbonyl (C=O) groups excluding carboxylic acids is 1. The van der Waals surface area contributed by atoms with Crippen LogP contribution in [0.5, 0.6) is 0 Å². The molecule has 3 aromatic rings. The molecule has 0 aliphatic carbocycles. The zero-order chi connectivity index (χ0) is 18.4. The Morgan fingerprint density at radius 1 is 1.04 bits per heavy atom. The number of carbonyl (C=O) groups is 1. The van der Waals surface area contributed by atoms with Crippen molar-refractivity contribution < 1.29 is 4.79 Å². The minimum Gasteiger partial charge on any atom is -0.378 e. The van der Waals surface area contributed by atoms with Gasteiger partial charge >= 0.3 is 0 Å². The van der Waals surface area contributed by atoms with E-state index in [9.17, 15) is 4.79 Å². The van der Waals surface area contributed by atoms with E-state index < -0.39 is 0 Å². The van der Waals surface area contributed by atoms with E-state index >= 15 is 0 Å². The quantitative estimate of drug-likeness (QED) is 0.713. The molecule has 0 aliphatic heterocycles. The molecule has 1 aromatic carbocycles. The van der Waals surface area contributed by atoms with E-state index in [-0.39, 0.29) is 5.91 Å². The van der Waals surface area contributed by atoms with Crippen LogP contribution in [0.4, 0.5) is 17.2 Å². The van der Waals surface area contributed by atoms with Gasteiger partial charge in [-0.25, -0.2) is 9.97 Å². The third-order valence-corrected chi connectivity index (χ3v) is 3.76. The molecule has 2 heterocycles. The molecule has 0 aliphatic rings. The van der Waals surface area contributed by atoms with Crippen molar-refractivity contribution in [3.8, 4) is 0 Å². The fraction of sp³-hybridized carbons (Fsp3) is 0.158. The highest BCUT2D eigenvalue weighted by molar-refractivity contribution is 6.03. The molecule has 0 radical (unpaired) electrons. The lowest BCUT2D eigenvalue weighted by Crippen LogP contribution is -2.15. The fourth-order valence-electron chi connectivity index (χ4n) is 2.31. The Morgan fingerprint density at radius 2 is 1.77 bits per heavy atom. The van der Waals surface area contributed by atoms with E-state index in [4.69, 9.17) is 0 Å². The minimum absolute atomic E-state index is 0.281. The van der Waals surface area contributed by atoms with E-state index in [1.807, 2.05) is 55.4 Å². The summed E-state index contributed by atoms with van der Waals surface area (Å²) in [5.74, 6) is 0.307. The number of benzene rings is 1. The van der Waals surface area contributed by atoms with Crippen LogP contribution in [-0.4, -0.2) is 35.0 Å². The van der Waals surface area contributed by atoms with E-state index in [1.165, 1.54) is 6.33 Å². The topological polar surface area (TPSA) is 83.0 Å². The Labute approximate surface area is 152 Å². The molecule has 0 unspecified atom stereocenters. The van der Waals surface area contributed by atoms with Crippen molar-refractivity contribution in [2.24, 2.45) is 0 Å². The number of rotatable bonds is 6. The van der Waals surface area contributed by atoms with Crippen LogP contribution >= 0.6 is 0 Å². The van der Waals surface area contributed by atoms with Gasteiger partial charge < -0.3 is 15.5 Å². The van der Waals surface area contributed by atoms with Crippen LogP contribution in [0.1, 0.15) is 16.1 Å². The number of amides is 1. The number of anilines is 3. The molecule has 26 heavy (non-hydrogen) atoms. The summed E-state index contributed by atoms with van der Waals surface area (Å²) in [5.41, 5.74) is 3.15. The summed E-state index contributed by atoms with van der Waals surface area (Å²) in [6.07, 6.45) is 4.84. The number of nitrogens with one attached hydrogen (secondary N) is 2. The smallest absolute Gasteiger partial charge is 0.274 e. The average Bonchev–Trinajstić information content (AvgIpc) is 2.68. The van der Waals surface area contributed by atoms with E-state index in [0.29, 0.717) is 23.7 Å². The number of aromatic nitrogens is 3. The Hall–Kier alpha value is -3.48. The highest BCUT2D eigenvalue weighted by atomic mass is 16.1. The lowest BCUT2D eigenvalue weighted by atomic mass is 10.2. The van der Waals surface area contributed by atoms with Crippen molar-refractivity contribution in [2.45, 2.75) is 6.54 Å². The maximum atomic E-state index is 12.4. The number of pyridine rings is 1. The number of nitrogens with zero attached hydrogens (tertiary/aromatic N) is 4. The Morgan fingerprint density at radius 3 is 2.46 bits per heavy atom. The molecule has 3 rings (SSSR count). The molecule has 0 spiro atoms. The first-order valence-corrected chi connectivity index (χ1v) is 8.15. The Kier molecular flexibility index (Phi) is 5.38. The lowest BCUT2D eigenvalue weighted by molar-refractivity contribution is 0.102. The van der Waals surface area contributed by atoms with Gasteiger partial charge in [0.1, 0.15) is 17.8 Å². The van der Waals surface area contributed by atoms with Crippen LogP contribution in [0.2, 0.25) is 0 Å². The second-order valence-electron chi connectivity index (χ2n) is 5.89. The second-order valence-corrected chi connectivity index (χ2v) is 5.89. The van der Waals surface area contributed by atoms with Gasteiger partial charge in [-0.05, 0) is 42.0 Å². The summed E-state index contributed by atoms with van der Waals surface area (Å²) in [5, 5.41) is 6.02. The van der Waals surface area contributed by atoms with E-state index in [2.05, 4.69) is 25.6 Å². The summed E-state index contributed by atoms with van der Waals surface area (Å²) in [4.78, 5) is 26.6. The molecular weight excluding hydrogens is 328 g/mol. The molecule has 1 amide bonds.